The summed E-state index contributed by atoms with van der Waals surface area (Å²) in [6.07, 6.45) is 1.61. The Kier molecular flexibility index (Phi) is 3.43. The third kappa shape index (κ3) is 4.80. The van der Waals surface area contributed by atoms with Crippen molar-refractivity contribution in [3.05, 3.63) is 21.9 Å². The van der Waals surface area contributed by atoms with Crippen molar-refractivity contribution in [1.82, 2.24) is 5.32 Å². The fourth-order valence-electron chi connectivity index (χ4n) is 0.496. The van der Waals surface area contributed by atoms with Gasteiger partial charge in [-0.1, -0.05) is 0 Å². The number of rotatable bonds is 3. The Bertz CT molecular complexity index is 131. The molecule has 4 nitrogen and oxygen atoms in total. The summed E-state index contributed by atoms with van der Waals surface area (Å²) in [7, 11) is 1.71. The second-order valence-electron chi connectivity index (χ2n) is 1.77. The average molecular weight is 130 g/mol. The first kappa shape index (κ1) is 7.94. The molecule has 52 valence electrons. The van der Waals surface area contributed by atoms with Crippen LogP contribution in [-0.2, 0) is 0 Å². The maximum absolute atomic E-state index is 9.82. The Morgan fingerprint density at radius 2 is 2.44 bits per heavy atom. The molecule has 0 spiro atoms. The van der Waals surface area contributed by atoms with E-state index in [0.717, 1.165) is 5.57 Å². The van der Waals surface area contributed by atoms with Gasteiger partial charge in [0, 0.05) is 23.7 Å². The van der Waals surface area contributed by atoms with Crippen molar-refractivity contribution < 1.29 is 4.92 Å². The van der Waals surface area contributed by atoms with Crippen LogP contribution in [0.1, 0.15) is 6.92 Å². The molecule has 0 saturated heterocycles. The highest BCUT2D eigenvalue weighted by Crippen LogP contribution is 1.88. The first-order valence-electron chi connectivity index (χ1n) is 2.61. The van der Waals surface area contributed by atoms with Gasteiger partial charge in [-0.3, -0.25) is 10.1 Å². The second kappa shape index (κ2) is 3.88. The van der Waals surface area contributed by atoms with E-state index in [1.165, 1.54) is 0 Å². The van der Waals surface area contributed by atoms with E-state index in [2.05, 4.69) is 5.32 Å². The molecule has 0 atom stereocenters. The Balaban J connectivity index is 3.62. The fraction of sp³-hybridized carbons (Fsp3) is 0.600. The van der Waals surface area contributed by atoms with Crippen LogP contribution in [0.4, 0.5) is 0 Å². The van der Waals surface area contributed by atoms with Crippen LogP contribution in [-0.4, -0.2) is 18.5 Å². The molecule has 0 aromatic carbocycles. The van der Waals surface area contributed by atoms with Crippen molar-refractivity contribution in [3.63, 3.8) is 0 Å². The zero-order valence-electron chi connectivity index (χ0n) is 5.55. The highest BCUT2D eigenvalue weighted by Gasteiger charge is 1.96. The summed E-state index contributed by atoms with van der Waals surface area (Å²) < 4.78 is 0. The van der Waals surface area contributed by atoms with E-state index in [-0.39, 0.29) is 11.5 Å². The quantitative estimate of drug-likeness (QED) is 0.444. The molecule has 4 heteroatoms. The minimum atomic E-state index is -0.358. The Morgan fingerprint density at radius 1 is 1.89 bits per heavy atom. The highest BCUT2D eigenvalue weighted by atomic mass is 16.6. The van der Waals surface area contributed by atoms with E-state index < -0.39 is 0 Å². The lowest BCUT2D eigenvalue weighted by Crippen LogP contribution is -2.04. The largest absolute Gasteiger partial charge is 0.394 e. The fourth-order valence-corrected chi connectivity index (χ4v) is 0.496. The van der Waals surface area contributed by atoms with Gasteiger partial charge in [0.1, 0.15) is 0 Å². The second-order valence-corrected chi connectivity index (χ2v) is 1.77. The monoisotopic (exact) mass is 130 g/mol. The van der Waals surface area contributed by atoms with Gasteiger partial charge >= 0.3 is 0 Å². The van der Waals surface area contributed by atoms with Crippen molar-refractivity contribution >= 4 is 0 Å². The molecule has 0 aliphatic rings. The molecule has 9 heavy (non-hydrogen) atoms. The average Bonchev–Trinajstić information content (AvgIpc) is 1.63. The molecule has 0 aromatic heterocycles. The summed E-state index contributed by atoms with van der Waals surface area (Å²) >= 11 is 0. The zero-order chi connectivity index (χ0) is 7.28. The third-order valence-corrected chi connectivity index (χ3v) is 0.769. The smallest absolute Gasteiger partial charge is 0.226 e. The summed E-state index contributed by atoms with van der Waals surface area (Å²) in [4.78, 5) is 9.46. The van der Waals surface area contributed by atoms with Crippen LogP contribution < -0.4 is 5.32 Å². The number of nitrogens with one attached hydrogen (secondary N) is 1. The molecule has 1 N–H and O–H groups in total. The van der Waals surface area contributed by atoms with E-state index in [1.807, 2.05) is 0 Å². The van der Waals surface area contributed by atoms with Crippen LogP contribution in [0.15, 0.2) is 11.8 Å². The molecule has 0 radical (unpaired) electrons. The minimum absolute atomic E-state index is 0.0825. The van der Waals surface area contributed by atoms with Crippen molar-refractivity contribution in [2.75, 3.05) is 13.6 Å². The minimum Gasteiger partial charge on any atom is -0.394 e. The molecule has 0 heterocycles. The van der Waals surface area contributed by atoms with Gasteiger partial charge in [0.25, 0.3) is 0 Å². The summed E-state index contributed by atoms with van der Waals surface area (Å²) in [5, 5.41) is 12.5. The standard InChI is InChI=1S/C5H10N2O2/c1-5(3-6-2)4-7(8)9/h3,6H,4H2,1-2H3/b5-3-. The number of hydrogen-bond acceptors (Lipinski definition) is 3. The molecule has 0 bridgehead atoms. The molecule has 0 saturated carbocycles. The van der Waals surface area contributed by atoms with Crippen LogP contribution in [0.2, 0.25) is 0 Å². The predicted molar refractivity (Wildman–Crippen MR) is 34.7 cm³/mol. The zero-order valence-corrected chi connectivity index (χ0v) is 5.55. The van der Waals surface area contributed by atoms with Gasteiger partial charge in [-0.2, -0.15) is 0 Å². The topological polar surface area (TPSA) is 55.2 Å². The molecule has 0 amide bonds. The van der Waals surface area contributed by atoms with Crippen molar-refractivity contribution in [2.45, 2.75) is 6.92 Å². The highest BCUT2D eigenvalue weighted by molar-refractivity contribution is 4.95. The maximum Gasteiger partial charge on any atom is 0.226 e. The lowest BCUT2D eigenvalue weighted by molar-refractivity contribution is -0.470. The molecule has 0 fully saturated rings. The van der Waals surface area contributed by atoms with E-state index >= 15 is 0 Å². The van der Waals surface area contributed by atoms with Gasteiger partial charge in [0.15, 0.2) is 0 Å². The molecule has 0 aromatic rings. The SMILES string of the molecule is CN/C=C(/C)C[N+](=O)[O-]. The van der Waals surface area contributed by atoms with Gasteiger partial charge in [-0.25, -0.2) is 0 Å². The molecular formula is C5H10N2O2. The van der Waals surface area contributed by atoms with Gasteiger partial charge < -0.3 is 5.32 Å². The Hall–Kier alpha value is -1.06. The Morgan fingerprint density at radius 3 is 2.78 bits per heavy atom. The van der Waals surface area contributed by atoms with E-state index in [9.17, 15) is 10.1 Å². The first-order chi connectivity index (χ1) is 4.16. The first-order valence-corrected chi connectivity index (χ1v) is 2.61. The summed E-state index contributed by atoms with van der Waals surface area (Å²) in [6.45, 7) is 1.63. The van der Waals surface area contributed by atoms with Crippen LogP contribution in [0.5, 0.6) is 0 Å². The lowest BCUT2D eigenvalue weighted by Gasteiger charge is -1.91. The summed E-state index contributed by atoms with van der Waals surface area (Å²) in [5.41, 5.74) is 0.725. The van der Waals surface area contributed by atoms with Gasteiger partial charge in [-0.15, -0.1) is 0 Å². The number of hydrogen-bond donors (Lipinski definition) is 1. The van der Waals surface area contributed by atoms with E-state index in [4.69, 9.17) is 0 Å². The maximum atomic E-state index is 9.82. The van der Waals surface area contributed by atoms with Gasteiger partial charge in [0.05, 0.1) is 0 Å². The lowest BCUT2D eigenvalue weighted by atomic mass is 10.3. The van der Waals surface area contributed by atoms with E-state index in [1.54, 1.807) is 20.2 Å². The molecule has 0 rings (SSSR count). The van der Waals surface area contributed by atoms with Crippen LogP contribution in [0.3, 0.4) is 0 Å². The normalized spacial score (nSPS) is 11.1. The van der Waals surface area contributed by atoms with E-state index in [0.29, 0.717) is 0 Å². The summed E-state index contributed by atoms with van der Waals surface area (Å²) in [6, 6.07) is 0. The van der Waals surface area contributed by atoms with Gasteiger partial charge in [-0.05, 0) is 6.92 Å². The Labute approximate surface area is 53.7 Å². The number of nitro groups is 1. The third-order valence-electron chi connectivity index (χ3n) is 0.769. The number of nitrogens with zero attached hydrogens (tertiary/aromatic N) is 1. The van der Waals surface area contributed by atoms with Crippen LogP contribution in [0.25, 0.3) is 0 Å². The summed E-state index contributed by atoms with van der Waals surface area (Å²) in [5.74, 6) is 0. The molecule has 0 aliphatic heterocycles. The van der Waals surface area contributed by atoms with Crippen molar-refractivity contribution in [2.24, 2.45) is 0 Å². The predicted octanol–water partition coefficient (Wildman–Crippen LogP) is 0.386. The van der Waals surface area contributed by atoms with Gasteiger partial charge in [0.2, 0.25) is 6.54 Å². The molecule has 0 unspecified atom stereocenters. The molecule has 0 aliphatic carbocycles. The van der Waals surface area contributed by atoms with Crippen LogP contribution >= 0.6 is 0 Å². The van der Waals surface area contributed by atoms with Crippen LogP contribution in [0, 0.1) is 10.1 Å². The molecular weight excluding hydrogens is 120 g/mol. The van der Waals surface area contributed by atoms with Crippen molar-refractivity contribution in [1.29, 1.82) is 0 Å². The van der Waals surface area contributed by atoms with Crippen molar-refractivity contribution in [3.8, 4) is 0 Å².